The van der Waals surface area contributed by atoms with E-state index in [2.05, 4.69) is 10.6 Å². The van der Waals surface area contributed by atoms with Gasteiger partial charge in [0.1, 0.15) is 5.75 Å². The summed E-state index contributed by atoms with van der Waals surface area (Å²) < 4.78 is 5.29. The number of nitrogens with one attached hydrogen (secondary N) is 2. The summed E-state index contributed by atoms with van der Waals surface area (Å²) in [4.78, 5) is 11.8. The molecule has 4 N–H and O–H groups in total. The van der Waals surface area contributed by atoms with E-state index in [9.17, 15) is 4.79 Å². The number of benzene rings is 2. The van der Waals surface area contributed by atoms with Crippen LogP contribution >= 0.6 is 0 Å². The third-order valence-electron chi connectivity index (χ3n) is 3.55. The summed E-state index contributed by atoms with van der Waals surface area (Å²) in [5, 5.41) is 5.69. The van der Waals surface area contributed by atoms with Gasteiger partial charge in [-0.3, -0.25) is 0 Å². The largest absolute Gasteiger partial charge is 0.496 e. The molecule has 2 aromatic rings. The first kappa shape index (κ1) is 16.8. The fraction of sp³-hybridized carbons (Fsp3) is 0.278. The second-order valence-electron chi connectivity index (χ2n) is 5.20. The highest BCUT2D eigenvalue weighted by atomic mass is 16.5. The Bertz CT molecular complexity index is 644. The van der Waals surface area contributed by atoms with Crippen molar-refractivity contribution in [2.75, 3.05) is 13.7 Å². The normalized spacial score (nSPS) is 10.2. The minimum atomic E-state index is -0.182. The van der Waals surface area contributed by atoms with Crippen molar-refractivity contribution < 1.29 is 9.53 Å². The lowest BCUT2D eigenvalue weighted by Crippen LogP contribution is -2.36. The van der Waals surface area contributed by atoms with Gasteiger partial charge in [0.2, 0.25) is 0 Å². The molecule has 5 heteroatoms. The molecule has 2 aromatic carbocycles. The Hall–Kier alpha value is -2.53. The molecule has 2 rings (SSSR count). The summed E-state index contributed by atoms with van der Waals surface area (Å²) >= 11 is 0. The average Bonchev–Trinajstić information content (AvgIpc) is 2.60. The van der Waals surface area contributed by atoms with Gasteiger partial charge in [-0.15, -0.1) is 0 Å². The van der Waals surface area contributed by atoms with E-state index in [1.165, 1.54) is 0 Å². The molecule has 23 heavy (non-hydrogen) atoms. The molecule has 0 radical (unpaired) electrons. The van der Waals surface area contributed by atoms with E-state index in [-0.39, 0.29) is 6.03 Å². The molecule has 0 fully saturated rings. The first-order chi connectivity index (χ1) is 11.2. The smallest absolute Gasteiger partial charge is 0.315 e. The van der Waals surface area contributed by atoms with Crippen LogP contribution in [0, 0.1) is 0 Å². The molecule has 0 saturated carbocycles. The third-order valence-corrected chi connectivity index (χ3v) is 3.55. The molecule has 0 atom stereocenters. The molecule has 2 amide bonds. The Morgan fingerprint density at radius 1 is 1.09 bits per heavy atom. The van der Waals surface area contributed by atoms with Crippen molar-refractivity contribution in [1.29, 1.82) is 0 Å². The summed E-state index contributed by atoms with van der Waals surface area (Å²) in [6.45, 7) is 1.53. The van der Waals surface area contributed by atoms with Crippen molar-refractivity contribution >= 4 is 6.03 Å². The Morgan fingerprint density at radius 2 is 1.87 bits per heavy atom. The van der Waals surface area contributed by atoms with Gasteiger partial charge in [0.25, 0.3) is 0 Å². The molecule has 0 bridgehead atoms. The minimum absolute atomic E-state index is 0.182. The van der Waals surface area contributed by atoms with Gasteiger partial charge in [-0.2, -0.15) is 0 Å². The van der Waals surface area contributed by atoms with E-state index in [1.807, 2.05) is 48.5 Å². The number of amides is 2. The van der Waals surface area contributed by atoms with Crippen LogP contribution in [0.25, 0.3) is 0 Å². The van der Waals surface area contributed by atoms with Crippen LogP contribution in [0.3, 0.4) is 0 Å². The van der Waals surface area contributed by atoms with Crippen LogP contribution in [0.5, 0.6) is 5.75 Å². The summed E-state index contributed by atoms with van der Waals surface area (Å²) in [6.07, 6.45) is 0.722. The Balaban J connectivity index is 1.74. The number of methoxy groups -OCH3 is 1. The lowest BCUT2D eigenvalue weighted by molar-refractivity contribution is 0.240. The number of urea groups is 1. The molecule has 0 saturated heterocycles. The number of nitrogens with two attached hydrogens (primary N) is 1. The Labute approximate surface area is 136 Å². The maximum Gasteiger partial charge on any atom is 0.315 e. The molecule has 0 unspecified atom stereocenters. The van der Waals surface area contributed by atoms with Crippen molar-refractivity contribution in [2.45, 2.75) is 19.5 Å². The maximum atomic E-state index is 11.8. The van der Waals surface area contributed by atoms with E-state index in [0.717, 1.165) is 28.9 Å². The summed E-state index contributed by atoms with van der Waals surface area (Å²) in [6, 6.07) is 15.5. The van der Waals surface area contributed by atoms with Crippen LogP contribution in [0.15, 0.2) is 48.5 Å². The highest BCUT2D eigenvalue weighted by molar-refractivity contribution is 5.73. The Morgan fingerprint density at radius 3 is 2.65 bits per heavy atom. The molecule has 5 nitrogen and oxygen atoms in total. The highest BCUT2D eigenvalue weighted by Crippen LogP contribution is 2.17. The SMILES string of the molecule is COc1ccccc1CCNC(=O)NCc1cccc(CN)c1. The van der Waals surface area contributed by atoms with Gasteiger partial charge in [-0.1, -0.05) is 42.5 Å². The lowest BCUT2D eigenvalue weighted by Gasteiger charge is -2.10. The minimum Gasteiger partial charge on any atom is -0.496 e. The topological polar surface area (TPSA) is 76.4 Å². The predicted octanol–water partition coefficient (Wildman–Crippen LogP) is 2.20. The van der Waals surface area contributed by atoms with Gasteiger partial charge >= 0.3 is 6.03 Å². The quantitative estimate of drug-likeness (QED) is 0.733. The number of carbonyl (C=O) groups excluding carboxylic acids is 1. The van der Waals surface area contributed by atoms with Gasteiger partial charge in [-0.25, -0.2) is 4.79 Å². The van der Waals surface area contributed by atoms with Crippen LogP contribution in [-0.4, -0.2) is 19.7 Å². The van der Waals surface area contributed by atoms with Gasteiger partial charge in [0.05, 0.1) is 7.11 Å². The van der Waals surface area contributed by atoms with Gasteiger partial charge < -0.3 is 21.1 Å². The maximum absolute atomic E-state index is 11.8. The van der Waals surface area contributed by atoms with Crippen LogP contribution in [0.4, 0.5) is 4.79 Å². The molecule has 0 spiro atoms. The molecule has 122 valence electrons. The van der Waals surface area contributed by atoms with E-state index >= 15 is 0 Å². The molecule has 0 heterocycles. The van der Waals surface area contributed by atoms with Gasteiger partial charge in [0.15, 0.2) is 0 Å². The number of hydrogen-bond acceptors (Lipinski definition) is 3. The molecular weight excluding hydrogens is 290 g/mol. The van der Waals surface area contributed by atoms with E-state index in [1.54, 1.807) is 7.11 Å². The zero-order chi connectivity index (χ0) is 16.5. The fourth-order valence-corrected chi connectivity index (χ4v) is 2.33. The molecule has 0 aromatic heterocycles. The Kier molecular flexibility index (Phi) is 6.44. The van der Waals surface area contributed by atoms with E-state index in [0.29, 0.717) is 19.6 Å². The zero-order valence-corrected chi connectivity index (χ0v) is 13.3. The van der Waals surface area contributed by atoms with Crippen molar-refractivity contribution in [3.05, 3.63) is 65.2 Å². The lowest BCUT2D eigenvalue weighted by atomic mass is 10.1. The summed E-state index contributed by atoms with van der Waals surface area (Å²) in [7, 11) is 1.65. The van der Waals surface area contributed by atoms with Crippen molar-refractivity contribution in [1.82, 2.24) is 10.6 Å². The van der Waals surface area contributed by atoms with Crippen LogP contribution in [0.2, 0.25) is 0 Å². The molecule has 0 aliphatic heterocycles. The first-order valence-electron chi connectivity index (χ1n) is 7.64. The van der Waals surface area contributed by atoms with Crippen molar-refractivity contribution in [3.8, 4) is 5.75 Å². The predicted molar refractivity (Wildman–Crippen MR) is 91.3 cm³/mol. The van der Waals surface area contributed by atoms with Gasteiger partial charge in [-0.05, 0) is 29.2 Å². The summed E-state index contributed by atoms with van der Waals surface area (Å²) in [5.74, 6) is 0.841. The molecule has 0 aliphatic carbocycles. The van der Waals surface area contributed by atoms with E-state index in [4.69, 9.17) is 10.5 Å². The van der Waals surface area contributed by atoms with Gasteiger partial charge in [0, 0.05) is 19.6 Å². The standard InChI is InChI=1S/C18H23N3O2/c1-23-17-8-3-2-7-16(17)9-10-20-18(22)21-13-15-6-4-5-14(11-15)12-19/h2-8,11H,9-10,12-13,19H2,1H3,(H2,20,21,22). The van der Waals surface area contributed by atoms with Crippen LogP contribution < -0.4 is 21.1 Å². The zero-order valence-electron chi connectivity index (χ0n) is 13.3. The second-order valence-corrected chi connectivity index (χ2v) is 5.20. The van der Waals surface area contributed by atoms with Crippen LogP contribution in [0.1, 0.15) is 16.7 Å². The van der Waals surface area contributed by atoms with E-state index < -0.39 is 0 Å². The second kappa shape index (κ2) is 8.80. The third kappa shape index (κ3) is 5.30. The number of carbonyl (C=O) groups is 1. The first-order valence-corrected chi connectivity index (χ1v) is 7.64. The average molecular weight is 313 g/mol. The molecular formula is C18H23N3O2. The number of hydrogen-bond donors (Lipinski definition) is 3. The fourth-order valence-electron chi connectivity index (χ4n) is 2.33. The van der Waals surface area contributed by atoms with Crippen LogP contribution in [-0.2, 0) is 19.5 Å². The molecule has 0 aliphatic rings. The highest BCUT2D eigenvalue weighted by Gasteiger charge is 2.04. The van der Waals surface area contributed by atoms with Crippen molar-refractivity contribution in [2.24, 2.45) is 5.73 Å². The number of rotatable bonds is 7. The number of ether oxygens (including phenoxy) is 1. The number of para-hydroxylation sites is 1. The van der Waals surface area contributed by atoms with Crippen molar-refractivity contribution in [3.63, 3.8) is 0 Å². The summed E-state index contributed by atoms with van der Waals surface area (Å²) in [5.41, 5.74) is 8.78. The monoisotopic (exact) mass is 313 g/mol.